The maximum absolute atomic E-state index is 5.52. The third kappa shape index (κ3) is 2.71. The van der Waals surface area contributed by atoms with E-state index < -0.39 is 0 Å². The molecule has 3 N–H and O–H groups in total. The number of nitrogens with zero attached hydrogens (tertiary/aromatic N) is 2. The number of benzene rings is 1. The average molecular weight is 244 g/mol. The van der Waals surface area contributed by atoms with Crippen LogP contribution >= 0.6 is 0 Å². The molecule has 0 aliphatic heterocycles. The number of nitrogens with one attached hydrogen (secondary N) is 1. The molecule has 0 atom stereocenters. The lowest BCUT2D eigenvalue weighted by molar-refractivity contribution is 0.724. The van der Waals surface area contributed by atoms with Gasteiger partial charge in [-0.3, -0.25) is 4.68 Å². The molecule has 2 rings (SSSR count). The van der Waals surface area contributed by atoms with E-state index in [1.807, 2.05) is 17.9 Å². The molecule has 0 fully saturated rings. The molecular formula is C14H20N4. The Kier molecular flexibility index (Phi) is 3.99. The number of aromatic nitrogens is 2. The molecule has 0 radical (unpaired) electrons. The van der Waals surface area contributed by atoms with Crippen LogP contribution in [-0.2, 0) is 13.5 Å². The van der Waals surface area contributed by atoms with Crippen molar-refractivity contribution in [3.05, 3.63) is 47.3 Å². The molecule has 0 spiro atoms. The maximum Gasteiger partial charge on any atom is 0.0762 e. The topological polar surface area (TPSA) is 55.9 Å². The second-order valence-corrected chi connectivity index (χ2v) is 4.45. The van der Waals surface area contributed by atoms with Gasteiger partial charge in [-0.2, -0.15) is 5.10 Å². The fraction of sp³-hybridized carbons (Fsp3) is 0.357. The first kappa shape index (κ1) is 12.6. The molecule has 0 saturated heterocycles. The van der Waals surface area contributed by atoms with E-state index in [1.165, 1.54) is 16.8 Å². The first-order valence-corrected chi connectivity index (χ1v) is 6.21. The summed E-state index contributed by atoms with van der Waals surface area (Å²) in [6, 6.07) is 8.44. The monoisotopic (exact) mass is 244 g/mol. The molecule has 18 heavy (non-hydrogen) atoms. The summed E-state index contributed by atoms with van der Waals surface area (Å²) in [6.45, 7) is 3.53. The highest BCUT2D eigenvalue weighted by atomic mass is 15.3. The van der Waals surface area contributed by atoms with Crippen molar-refractivity contribution in [1.29, 1.82) is 0 Å². The molecule has 96 valence electrons. The summed E-state index contributed by atoms with van der Waals surface area (Å²) in [7, 11) is 1.97. The van der Waals surface area contributed by atoms with E-state index in [0.717, 1.165) is 18.7 Å². The van der Waals surface area contributed by atoms with Crippen LogP contribution in [0.4, 0.5) is 5.69 Å². The molecule has 0 bridgehead atoms. The number of anilines is 1. The summed E-state index contributed by atoms with van der Waals surface area (Å²) in [5.74, 6) is 0. The predicted octanol–water partition coefficient (Wildman–Crippen LogP) is 1.69. The Morgan fingerprint density at radius 3 is 2.83 bits per heavy atom. The van der Waals surface area contributed by atoms with Gasteiger partial charge in [0.1, 0.15) is 0 Å². The minimum absolute atomic E-state index is 0.624. The van der Waals surface area contributed by atoms with Gasteiger partial charge < -0.3 is 11.1 Å². The fourth-order valence-electron chi connectivity index (χ4n) is 2.02. The second-order valence-electron chi connectivity index (χ2n) is 4.45. The van der Waals surface area contributed by atoms with Gasteiger partial charge in [0.2, 0.25) is 0 Å². The van der Waals surface area contributed by atoms with Crippen LogP contribution in [0.2, 0.25) is 0 Å². The van der Waals surface area contributed by atoms with E-state index in [2.05, 4.69) is 41.6 Å². The number of nitrogens with two attached hydrogens (primary N) is 1. The molecule has 4 nitrogen and oxygen atoms in total. The summed E-state index contributed by atoms with van der Waals surface area (Å²) in [5, 5.41) is 7.62. The molecule has 0 aliphatic carbocycles. The number of rotatable bonds is 5. The van der Waals surface area contributed by atoms with Crippen LogP contribution in [0.3, 0.4) is 0 Å². The Bertz CT molecular complexity index is 516. The molecule has 4 heteroatoms. The fourth-order valence-corrected chi connectivity index (χ4v) is 2.02. The lowest BCUT2D eigenvalue weighted by Gasteiger charge is -2.10. The second kappa shape index (κ2) is 5.69. The zero-order valence-electron chi connectivity index (χ0n) is 11.0. The van der Waals surface area contributed by atoms with E-state index in [4.69, 9.17) is 5.73 Å². The average Bonchev–Trinajstić information content (AvgIpc) is 2.71. The Labute approximate surface area is 108 Å². The first-order chi connectivity index (χ1) is 8.72. The minimum atomic E-state index is 0.624. The Balaban J connectivity index is 2.23. The molecule has 0 amide bonds. The van der Waals surface area contributed by atoms with Gasteiger partial charge in [-0.1, -0.05) is 24.3 Å². The van der Waals surface area contributed by atoms with Crippen molar-refractivity contribution in [3.8, 4) is 0 Å². The summed E-state index contributed by atoms with van der Waals surface area (Å²) in [4.78, 5) is 0. The summed E-state index contributed by atoms with van der Waals surface area (Å²) in [6.07, 6.45) is 2.75. The van der Waals surface area contributed by atoms with E-state index in [-0.39, 0.29) is 0 Å². The summed E-state index contributed by atoms with van der Waals surface area (Å²) < 4.78 is 1.92. The molecule has 0 saturated carbocycles. The van der Waals surface area contributed by atoms with Crippen molar-refractivity contribution in [2.45, 2.75) is 13.3 Å². The summed E-state index contributed by atoms with van der Waals surface area (Å²) >= 11 is 0. The van der Waals surface area contributed by atoms with Gasteiger partial charge in [-0.15, -0.1) is 0 Å². The predicted molar refractivity (Wildman–Crippen MR) is 74.7 cm³/mol. The van der Waals surface area contributed by atoms with Crippen molar-refractivity contribution >= 4 is 5.69 Å². The van der Waals surface area contributed by atoms with Crippen molar-refractivity contribution in [2.24, 2.45) is 12.8 Å². The molecule has 1 aromatic heterocycles. The molecule has 0 unspecified atom stereocenters. The number of hydrogen-bond donors (Lipinski definition) is 2. The van der Waals surface area contributed by atoms with Crippen LogP contribution in [0, 0.1) is 6.92 Å². The Morgan fingerprint density at radius 2 is 2.11 bits per heavy atom. The van der Waals surface area contributed by atoms with Gasteiger partial charge in [0, 0.05) is 26.6 Å². The van der Waals surface area contributed by atoms with Crippen LogP contribution < -0.4 is 11.1 Å². The van der Waals surface area contributed by atoms with E-state index >= 15 is 0 Å². The lowest BCUT2D eigenvalue weighted by Crippen LogP contribution is -2.14. The van der Waals surface area contributed by atoms with Crippen molar-refractivity contribution in [1.82, 2.24) is 9.78 Å². The highest BCUT2D eigenvalue weighted by Gasteiger charge is 2.09. The van der Waals surface area contributed by atoms with Gasteiger partial charge in [0.25, 0.3) is 0 Å². The Hall–Kier alpha value is -1.81. The smallest absolute Gasteiger partial charge is 0.0762 e. The van der Waals surface area contributed by atoms with Crippen LogP contribution in [0.25, 0.3) is 0 Å². The van der Waals surface area contributed by atoms with Gasteiger partial charge in [-0.25, -0.2) is 0 Å². The van der Waals surface area contributed by atoms with Crippen molar-refractivity contribution in [2.75, 3.05) is 18.4 Å². The Morgan fingerprint density at radius 1 is 1.33 bits per heavy atom. The van der Waals surface area contributed by atoms with Crippen LogP contribution in [0.15, 0.2) is 30.5 Å². The number of aryl methyl sites for hydroxylation is 2. The highest BCUT2D eigenvalue weighted by Crippen LogP contribution is 2.20. The third-order valence-electron chi connectivity index (χ3n) is 3.14. The zero-order valence-corrected chi connectivity index (χ0v) is 11.0. The third-order valence-corrected chi connectivity index (χ3v) is 3.14. The molecule has 1 aromatic carbocycles. The standard InChI is InChI=1S/C14H20N4/c1-11-5-3-4-6-12(11)9-14-13(16-8-7-15)10-17-18(14)2/h3-6,10,16H,7-9,15H2,1-2H3. The SMILES string of the molecule is Cc1ccccc1Cc1c(NCCN)cnn1C. The van der Waals surface area contributed by atoms with Gasteiger partial charge in [0.15, 0.2) is 0 Å². The highest BCUT2D eigenvalue weighted by molar-refractivity contribution is 5.49. The van der Waals surface area contributed by atoms with Gasteiger partial charge in [0.05, 0.1) is 17.6 Å². The van der Waals surface area contributed by atoms with Crippen LogP contribution in [0.1, 0.15) is 16.8 Å². The van der Waals surface area contributed by atoms with Crippen molar-refractivity contribution < 1.29 is 0 Å². The van der Waals surface area contributed by atoms with Crippen molar-refractivity contribution in [3.63, 3.8) is 0 Å². The van der Waals surface area contributed by atoms with E-state index in [9.17, 15) is 0 Å². The first-order valence-electron chi connectivity index (χ1n) is 6.21. The summed E-state index contributed by atoms with van der Waals surface area (Å²) in [5.41, 5.74) is 10.4. The maximum atomic E-state index is 5.52. The van der Waals surface area contributed by atoms with Gasteiger partial charge >= 0.3 is 0 Å². The molecule has 2 aromatic rings. The van der Waals surface area contributed by atoms with E-state index in [1.54, 1.807) is 0 Å². The molecular weight excluding hydrogens is 224 g/mol. The quantitative estimate of drug-likeness (QED) is 0.841. The minimum Gasteiger partial charge on any atom is -0.381 e. The molecule has 0 aliphatic rings. The van der Waals surface area contributed by atoms with Crippen LogP contribution in [-0.4, -0.2) is 22.9 Å². The number of hydrogen-bond acceptors (Lipinski definition) is 3. The van der Waals surface area contributed by atoms with Gasteiger partial charge in [-0.05, 0) is 18.1 Å². The zero-order chi connectivity index (χ0) is 13.0. The molecule has 1 heterocycles. The normalized spacial score (nSPS) is 10.6. The van der Waals surface area contributed by atoms with Crippen LogP contribution in [0.5, 0.6) is 0 Å². The lowest BCUT2D eigenvalue weighted by atomic mass is 10.0. The van der Waals surface area contributed by atoms with E-state index in [0.29, 0.717) is 6.54 Å². The largest absolute Gasteiger partial charge is 0.381 e.